The van der Waals surface area contributed by atoms with Crippen LogP contribution < -0.4 is 10.2 Å². The largest absolute Gasteiger partial charge is 0.423 e. The van der Waals surface area contributed by atoms with Crippen LogP contribution in [0.3, 0.4) is 0 Å². The maximum Gasteiger partial charge on any atom is 0.423 e. The highest BCUT2D eigenvalue weighted by Gasteiger charge is 2.38. The fraction of sp³-hybridized carbons (Fsp3) is 0.480. The number of nitrogens with one attached hydrogen (secondary N) is 1. The van der Waals surface area contributed by atoms with Crippen molar-refractivity contribution in [2.45, 2.75) is 44.0 Å². The van der Waals surface area contributed by atoms with Crippen LogP contribution in [0.5, 0.6) is 0 Å². The van der Waals surface area contributed by atoms with Crippen molar-refractivity contribution in [3.05, 3.63) is 62.1 Å². The normalized spacial score (nSPS) is 20.3. The Morgan fingerprint density at radius 3 is 2.34 bits per heavy atom. The summed E-state index contributed by atoms with van der Waals surface area (Å²) in [5.74, 6) is -0.0855. The van der Waals surface area contributed by atoms with E-state index in [1.165, 1.54) is 6.07 Å². The first-order valence-corrected chi connectivity index (χ1v) is 13.0. The average molecular weight is 575 g/mol. The first kappa shape index (κ1) is 28.3. The van der Waals surface area contributed by atoms with Crippen LogP contribution >= 0.6 is 23.2 Å². The lowest BCUT2D eigenvalue weighted by Crippen LogP contribution is -2.50. The van der Waals surface area contributed by atoms with Crippen LogP contribution in [0, 0.1) is 10.1 Å². The van der Waals surface area contributed by atoms with Gasteiger partial charge in [-0.05, 0) is 56.0 Å². The van der Waals surface area contributed by atoms with Gasteiger partial charge in [-0.1, -0.05) is 23.2 Å². The molecule has 1 saturated carbocycles. The summed E-state index contributed by atoms with van der Waals surface area (Å²) >= 11 is 12.3. The average Bonchev–Trinajstić information content (AvgIpc) is 2.87. The lowest BCUT2D eigenvalue weighted by molar-refractivity contribution is -0.388. The molecule has 0 radical (unpaired) electrons. The van der Waals surface area contributed by atoms with E-state index in [1.807, 2.05) is 6.07 Å². The summed E-state index contributed by atoms with van der Waals surface area (Å²) in [5, 5.41) is 15.1. The minimum absolute atomic E-state index is 0.0260. The molecule has 2 aromatic carbocycles. The van der Waals surface area contributed by atoms with Crippen molar-refractivity contribution >= 4 is 46.2 Å². The molecule has 8 nitrogen and oxygen atoms in total. The van der Waals surface area contributed by atoms with Crippen molar-refractivity contribution in [1.29, 1.82) is 0 Å². The number of nitro benzene ring substituents is 1. The zero-order valence-corrected chi connectivity index (χ0v) is 21.9. The van der Waals surface area contributed by atoms with Gasteiger partial charge in [-0.3, -0.25) is 14.9 Å². The molecule has 1 heterocycles. The number of benzene rings is 2. The number of alkyl halides is 3. The molecule has 1 N–H and O–H groups in total. The fourth-order valence-corrected chi connectivity index (χ4v) is 5.36. The Hall–Kier alpha value is -2.76. The molecule has 38 heavy (non-hydrogen) atoms. The SMILES string of the molecule is O=C(COC1CCC(Nc2ccc([N+](=O)[O-])c(C(F)(F)F)c2)CC1)N1CCN(c2ccc(Cl)cc2Cl)CC1. The van der Waals surface area contributed by atoms with Gasteiger partial charge in [0.15, 0.2) is 0 Å². The van der Waals surface area contributed by atoms with Gasteiger partial charge in [0.2, 0.25) is 5.91 Å². The number of piperazine rings is 1. The van der Waals surface area contributed by atoms with Crippen LogP contribution in [-0.4, -0.2) is 60.7 Å². The van der Waals surface area contributed by atoms with E-state index < -0.39 is 22.4 Å². The van der Waals surface area contributed by atoms with E-state index in [2.05, 4.69) is 10.2 Å². The van der Waals surface area contributed by atoms with Crippen LogP contribution in [0.4, 0.5) is 30.2 Å². The summed E-state index contributed by atoms with van der Waals surface area (Å²) in [5.41, 5.74) is -1.19. The maximum absolute atomic E-state index is 13.2. The Labute approximate surface area is 227 Å². The lowest BCUT2D eigenvalue weighted by Gasteiger charge is -2.37. The van der Waals surface area contributed by atoms with Crippen LogP contribution in [0.1, 0.15) is 31.2 Å². The van der Waals surface area contributed by atoms with Gasteiger partial charge in [-0.25, -0.2) is 0 Å². The molecule has 4 rings (SSSR count). The van der Waals surface area contributed by atoms with Gasteiger partial charge in [0.1, 0.15) is 12.2 Å². The molecule has 2 aromatic rings. The third-order valence-corrected chi connectivity index (χ3v) is 7.41. The summed E-state index contributed by atoms with van der Waals surface area (Å²) in [4.78, 5) is 26.5. The maximum atomic E-state index is 13.2. The third-order valence-electron chi connectivity index (χ3n) is 6.87. The molecule has 2 aliphatic rings. The molecule has 13 heteroatoms. The van der Waals surface area contributed by atoms with Crippen molar-refractivity contribution in [2.75, 3.05) is 43.0 Å². The minimum Gasteiger partial charge on any atom is -0.382 e. The molecule has 0 unspecified atom stereocenters. The molecule has 1 aliphatic heterocycles. The highest BCUT2D eigenvalue weighted by Crippen LogP contribution is 2.38. The molecule has 1 amide bonds. The number of carbonyl (C=O) groups is 1. The van der Waals surface area contributed by atoms with Gasteiger partial charge < -0.3 is 19.9 Å². The molecule has 0 bridgehead atoms. The van der Waals surface area contributed by atoms with Crippen molar-refractivity contribution in [3.63, 3.8) is 0 Å². The van der Waals surface area contributed by atoms with Crippen LogP contribution in [-0.2, 0) is 15.7 Å². The molecule has 1 aliphatic carbocycles. The number of rotatable bonds is 7. The molecular weight excluding hydrogens is 548 g/mol. The predicted molar refractivity (Wildman–Crippen MR) is 139 cm³/mol. The highest BCUT2D eigenvalue weighted by atomic mass is 35.5. The number of amides is 1. The van der Waals surface area contributed by atoms with E-state index in [4.69, 9.17) is 27.9 Å². The Bertz CT molecular complexity index is 1170. The van der Waals surface area contributed by atoms with Gasteiger partial charge in [0, 0.05) is 49.0 Å². The first-order chi connectivity index (χ1) is 18.0. The number of halogens is 5. The number of hydrogen-bond acceptors (Lipinski definition) is 6. The molecule has 0 spiro atoms. The minimum atomic E-state index is -4.83. The third kappa shape index (κ3) is 7.00. The van der Waals surface area contributed by atoms with Crippen molar-refractivity contribution in [2.24, 2.45) is 0 Å². The molecule has 0 atom stereocenters. The van der Waals surface area contributed by atoms with E-state index in [-0.39, 0.29) is 30.3 Å². The standard InChI is InChI=1S/C25H27Cl2F3N4O4/c26-16-1-7-23(21(27)13-16)32-9-11-33(12-10-32)24(35)15-38-19-5-2-17(3-6-19)31-18-4-8-22(34(36)37)20(14-18)25(28,29)30/h1,4,7-8,13-14,17,19,31H,2-3,5-6,9-12,15H2. The first-order valence-electron chi connectivity index (χ1n) is 12.2. The number of hydrogen-bond donors (Lipinski definition) is 1. The van der Waals surface area contributed by atoms with Crippen LogP contribution in [0.15, 0.2) is 36.4 Å². The number of carbonyl (C=O) groups excluding carboxylic acids is 1. The predicted octanol–water partition coefficient (Wildman–Crippen LogP) is 6.01. The van der Waals surface area contributed by atoms with Gasteiger partial charge in [-0.2, -0.15) is 13.2 Å². The lowest BCUT2D eigenvalue weighted by atomic mass is 9.92. The highest BCUT2D eigenvalue weighted by molar-refractivity contribution is 6.36. The van der Waals surface area contributed by atoms with Gasteiger partial charge in [0.05, 0.1) is 21.7 Å². The van der Waals surface area contributed by atoms with E-state index in [0.717, 1.165) is 17.8 Å². The number of nitro groups is 1. The van der Waals surface area contributed by atoms with Gasteiger partial charge in [-0.15, -0.1) is 0 Å². The van der Waals surface area contributed by atoms with Crippen LogP contribution in [0.2, 0.25) is 10.0 Å². The fourth-order valence-electron chi connectivity index (χ4n) is 4.84. The monoisotopic (exact) mass is 574 g/mol. The number of anilines is 2. The Kier molecular flexibility index (Phi) is 8.89. The molecule has 1 saturated heterocycles. The van der Waals surface area contributed by atoms with Crippen LogP contribution in [0.25, 0.3) is 0 Å². The van der Waals surface area contributed by atoms with Gasteiger partial charge >= 0.3 is 6.18 Å². The molecule has 0 aromatic heterocycles. The summed E-state index contributed by atoms with van der Waals surface area (Å²) in [6, 6.07) is 8.18. The summed E-state index contributed by atoms with van der Waals surface area (Å²) in [7, 11) is 0. The zero-order valence-electron chi connectivity index (χ0n) is 20.3. The Morgan fingerprint density at radius 1 is 1.05 bits per heavy atom. The topological polar surface area (TPSA) is 87.9 Å². The summed E-state index contributed by atoms with van der Waals surface area (Å²) in [6.45, 7) is 2.35. The van der Waals surface area contributed by atoms with E-state index in [1.54, 1.807) is 17.0 Å². The van der Waals surface area contributed by atoms with Gasteiger partial charge in [0.25, 0.3) is 5.69 Å². The van der Waals surface area contributed by atoms with Crippen molar-refractivity contribution in [1.82, 2.24) is 4.90 Å². The smallest absolute Gasteiger partial charge is 0.382 e. The van der Waals surface area contributed by atoms with Crippen molar-refractivity contribution < 1.29 is 27.6 Å². The Morgan fingerprint density at radius 2 is 1.74 bits per heavy atom. The second kappa shape index (κ2) is 12.0. The number of nitrogens with zero attached hydrogens (tertiary/aromatic N) is 3. The van der Waals surface area contributed by atoms with E-state index in [9.17, 15) is 28.1 Å². The summed E-state index contributed by atoms with van der Waals surface area (Å²) in [6.07, 6.45) is -2.38. The second-order valence-electron chi connectivity index (χ2n) is 9.38. The van der Waals surface area contributed by atoms with E-state index >= 15 is 0 Å². The summed E-state index contributed by atoms with van der Waals surface area (Å²) < 4.78 is 45.6. The molecular formula is C25H27Cl2F3N4O4. The molecule has 2 fully saturated rings. The zero-order chi connectivity index (χ0) is 27.4. The quantitative estimate of drug-likeness (QED) is 0.322. The van der Waals surface area contributed by atoms with E-state index in [0.29, 0.717) is 61.9 Å². The Balaban J connectivity index is 1.21. The number of ether oxygens (including phenoxy) is 1. The van der Waals surface area contributed by atoms with Crippen molar-refractivity contribution in [3.8, 4) is 0 Å². The second-order valence-corrected chi connectivity index (χ2v) is 10.2. The molecule has 206 valence electrons.